The highest BCUT2D eigenvalue weighted by Crippen LogP contribution is 2.29. The molecular formula is C20H23F2N5O3. The lowest BCUT2D eigenvalue weighted by molar-refractivity contribution is -0.117. The Bertz CT molecular complexity index is 897. The first-order chi connectivity index (χ1) is 14.3. The van der Waals surface area contributed by atoms with Gasteiger partial charge in [0.1, 0.15) is 11.9 Å². The molecule has 0 bridgehead atoms. The van der Waals surface area contributed by atoms with Gasteiger partial charge in [-0.3, -0.25) is 4.79 Å². The van der Waals surface area contributed by atoms with E-state index in [0.717, 1.165) is 4.90 Å². The zero-order valence-corrected chi connectivity index (χ0v) is 16.3. The molecule has 0 saturated carbocycles. The molecule has 2 atom stereocenters. The average Bonchev–Trinajstić information content (AvgIpc) is 2.74. The number of rotatable bonds is 7. The minimum Gasteiger partial charge on any atom is -0.382 e. The van der Waals surface area contributed by atoms with E-state index in [-0.39, 0.29) is 12.4 Å². The number of nitrogens with two attached hydrogens (primary N) is 1. The van der Waals surface area contributed by atoms with E-state index in [1.165, 1.54) is 19.4 Å². The molecule has 1 aliphatic rings. The smallest absolute Gasteiger partial charge is 0.318 e. The topological polar surface area (TPSA) is 110 Å². The van der Waals surface area contributed by atoms with E-state index < -0.39 is 43.0 Å². The summed E-state index contributed by atoms with van der Waals surface area (Å²) in [5.41, 5.74) is 7.12. The number of ether oxygens (including phenoxy) is 1. The molecule has 0 aliphatic carbocycles. The Hall–Kier alpha value is -3.11. The highest BCUT2D eigenvalue weighted by molar-refractivity contribution is 5.94. The molecule has 10 heteroatoms. The molecule has 160 valence electrons. The number of carbonyl (C=O) groups excluding carboxylic acids is 2. The first kappa shape index (κ1) is 21.6. The van der Waals surface area contributed by atoms with Crippen molar-refractivity contribution in [3.63, 3.8) is 0 Å². The second-order valence-electron chi connectivity index (χ2n) is 6.97. The summed E-state index contributed by atoms with van der Waals surface area (Å²) in [5.74, 6) is -3.35. The summed E-state index contributed by atoms with van der Waals surface area (Å²) < 4.78 is 32.9. The van der Waals surface area contributed by atoms with Gasteiger partial charge in [-0.2, -0.15) is 0 Å². The van der Waals surface area contributed by atoms with Gasteiger partial charge in [0.2, 0.25) is 5.91 Å². The minimum absolute atomic E-state index is 0.00950. The molecule has 1 aliphatic heterocycles. The second kappa shape index (κ2) is 9.14. The molecule has 0 radical (unpaired) electrons. The van der Waals surface area contributed by atoms with Crippen molar-refractivity contribution in [1.29, 1.82) is 0 Å². The number of nitrogens with one attached hydrogen (secondary N) is 2. The number of urea groups is 1. The number of carbonyl (C=O) groups is 2. The van der Waals surface area contributed by atoms with Gasteiger partial charge in [0, 0.05) is 13.3 Å². The molecule has 30 heavy (non-hydrogen) atoms. The summed E-state index contributed by atoms with van der Waals surface area (Å²) in [4.78, 5) is 29.8. The summed E-state index contributed by atoms with van der Waals surface area (Å²) in [6.07, 6.45) is 1.42. The molecule has 0 unspecified atom stereocenters. The van der Waals surface area contributed by atoms with Crippen LogP contribution >= 0.6 is 0 Å². The van der Waals surface area contributed by atoms with E-state index in [1.54, 1.807) is 30.3 Å². The van der Waals surface area contributed by atoms with Crippen molar-refractivity contribution in [3.05, 3.63) is 59.8 Å². The molecular weight excluding hydrogens is 396 g/mol. The highest BCUT2D eigenvalue weighted by atomic mass is 19.3. The van der Waals surface area contributed by atoms with Crippen molar-refractivity contribution in [2.24, 2.45) is 5.73 Å². The first-order valence-corrected chi connectivity index (χ1v) is 9.29. The standard InChI is InChI=1S/C20H23F2N5O3/c1-30-10-15(27-12-20(21,22)11-25-19(27)29)14-7-8-24-16(9-14)26-18(28)17(23)13-5-3-2-4-6-13/h2-9,15,17H,10-12,23H2,1H3,(H,25,29)(H,24,26,28)/t15-,17+/m1/s1. The molecule has 3 amide bonds. The van der Waals surface area contributed by atoms with Gasteiger partial charge in [-0.05, 0) is 23.3 Å². The van der Waals surface area contributed by atoms with Crippen LogP contribution in [0, 0.1) is 0 Å². The van der Waals surface area contributed by atoms with Crippen LogP contribution in [-0.4, -0.2) is 54.6 Å². The normalized spacial score (nSPS) is 17.7. The van der Waals surface area contributed by atoms with E-state index in [4.69, 9.17) is 10.5 Å². The molecule has 3 rings (SSSR count). The Morgan fingerprint density at radius 3 is 2.77 bits per heavy atom. The number of nitrogens with zero attached hydrogens (tertiary/aromatic N) is 2. The van der Waals surface area contributed by atoms with Crippen LogP contribution in [0.5, 0.6) is 0 Å². The number of anilines is 1. The Kier molecular flexibility index (Phi) is 6.58. The van der Waals surface area contributed by atoms with Crippen molar-refractivity contribution >= 4 is 17.8 Å². The molecule has 2 aromatic rings. The molecule has 8 nitrogen and oxygen atoms in total. The van der Waals surface area contributed by atoms with Crippen LogP contribution in [0.25, 0.3) is 0 Å². The lowest BCUT2D eigenvalue weighted by Gasteiger charge is -2.38. The monoisotopic (exact) mass is 419 g/mol. The number of halogens is 2. The fourth-order valence-corrected chi connectivity index (χ4v) is 3.20. The van der Waals surface area contributed by atoms with Gasteiger partial charge in [0.25, 0.3) is 5.92 Å². The SMILES string of the molecule is COC[C@H](c1ccnc(NC(=O)[C@@H](N)c2ccccc2)c1)N1CC(F)(F)CNC1=O. The maximum absolute atomic E-state index is 13.9. The Balaban J connectivity index is 1.79. The van der Waals surface area contributed by atoms with E-state index in [1.807, 2.05) is 6.07 Å². The van der Waals surface area contributed by atoms with Gasteiger partial charge in [0.15, 0.2) is 0 Å². The lowest BCUT2D eigenvalue weighted by atomic mass is 10.1. The van der Waals surface area contributed by atoms with Crippen LogP contribution in [0.1, 0.15) is 23.2 Å². The lowest BCUT2D eigenvalue weighted by Crippen LogP contribution is -2.58. The van der Waals surface area contributed by atoms with Gasteiger partial charge in [-0.25, -0.2) is 18.6 Å². The van der Waals surface area contributed by atoms with Gasteiger partial charge >= 0.3 is 6.03 Å². The second-order valence-corrected chi connectivity index (χ2v) is 6.97. The van der Waals surface area contributed by atoms with Crippen molar-refractivity contribution in [3.8, 4) is 0 Å². The summed E-state index contributed by atoms with van der Waals surface area (Å²) in [6.45, 7) is -1.46. The maximum Gasteiger partial charge on any atom is 0.318 e. The van der Waals surface area contributed by atoms with Crippen LogP contribution in [-0.2, 0) is 9.53 Å². The Morgan fingerprint density at radius 2 is 2.07 bits per heavy atom. The summed E-state index contributed by atoms with van der Waals surface area (Å²) in [5, 5.41) is 4.82. The molecule has 1 aromatic carbocycles. The van der Waals surface area contributed by atoms with Crippen molar-refractivity contribution in [2.75, 3.05) is 32.1 Å². The Morgan fingerprint density at radius 1 is 1.33 bits per heavy atom. The third-order valence-corrected chi connectivity index (χ3v) is 4.72. The van der Waals surface area contributed by atoms with E-state index in [0.29, 0.717) is 11.1 Å². The van der Waals surface area contributed by atoms with Crippen molar-refractivity contribution in [1.82, 2.24) is 15.2 Å². The fraction of sp³-hybridized carbons (Fsp3) is 0.350. The van der Waals surface area contributed by atoms with Gasteiger partial charge < -0.3 is 26.0 Å². The van der Waals surface area contributed by atoms with E-state index in [9.17, 15) is 18.4 Å². The zero-order valence-electron chi connectivity index (χ0n) is 16.3. The highest BCUT2D eigenvalue weighted by Gasteiger charge is 2.42. The number of hydrogen-bond acceptors (Lipinski definition) is 5. The van der Waals surface area contributed by atoms with Gasteiger partial charge in [-0.1, -0.05) is 30.3 Å². The largest absolute Gasteiger partial charge is 0.382 e. The molecule has 2 heterocycles. The molecule has 4 N–H and O–H groups in total. The molecule has 1 fully saturated rings. The fourth-order valence-electron chi connectivity index (χ4n) is 3.20. The zero-order chi connectivity index (χ0) is 21.7. The molecule has 1 aromatic heterocycles. The first-order valence-electron chi connectivity index (χ1n) is 9.29. The number of pyridine rings is 1. The number of hydrogen-bond donors (Lipinski definition) is 3. The van der Waals surface area contributed by atoms with Crippen LogP contribution in [0.2, 0.25) is 0 Å². The molecule has 1 saturated heterocycles. The van der Waals surface area contributed by atoms with Crippen molar-refractivity contribution < 1.29 is 23.1 Å². The summed E-state index contributed by atoms with van der Waals surface area (Å²) in [7, 11) is 1.41. The van der Waals surface area contributed by atoms with E-state index >= 15 is 0 Å². The minimum atomic E-state index is -3.06. The van der Waals surface area contributed by atoms with E-state index in [2.05, 4.69) is 15.6 Å². The Labute approximate surface area is 172 Å². The summed E-state index contributed by atoms with van der Waals surface area (Å²) >= 11 is 0. The van der Waals surface area contributed by atoms with Crippen LogP contribution in [0.4, 0.5) is 19.4 Å². The number of aromatic nitrogens is 1. The number of alkyl halides is 2. The van der Waals surface area contributed by atoms with Gasteiger partial charge in [0.05, 0.1) is 25.7 Å². The number of benzene rings is 1. The third-order valence-electron chi connectivity index (χ3n) is 4.72. The van der Waals surface area contributed by atoms with Crippen LogP contribution < -0.4 is 16.4 Å². The number of methoxy groups -OCH3 is 1. The van der Waals surface area contributed by atoms with Crippen LogP contribution in [0.15, 0.2) is 48.7 Å². The maximum atomic E-state index is 13.9. The number of amides is 3. The van der Waals surface area contributed by atoms with Crippen molar-refractivity contribution in [2.45, 2.75) is 18.0 Å². The van der Waals surface area contributed by atoms with Gasteiger partial charge in [-0.15, -0.1) is 0 Å². The van der Waals surface area contributed by atoms with Crippen LogP contribution in [0.3, 0.4) is 0 Å². The predicted molar refractivity (Wildman–Crippen MR) is 106 cm³/mol. The predicted octanol–water partition coefficient (Wildman–Crippen LogP) is 2.07. The third kappa shape index (κ3) is 5.08. The molecule has 0 spiro atoms. The average molecular weight is 419 g/mol. The quantitative estimate of drug-likeness (QED) is 0.637. The summed E-state index contributed by atoms with van der Waals surface area (Å²) in [6, 6.07) is 9.62.